The van der Waals surface area contributed by atoms with Gasteiger partial charge in [-0.1, -0.05) is 224 Å². The zero-order valence-corrected chi connectivity index (χ0v) is 47.8. The first kappa shape index (κ1) is 52.7. The van der Waals surface area contributed by atoms with E-state index in [-0.39, 0.29) is 0 Å². The van der Waals surface area contributed by atoms with Gasteiger partial charge in [0.1, 0.15) is 0 Å². The Morgan fingerprint density at radius 1 is 0.202 bits per heavy atom. The molecular weight excluding hydrogens is 1020 g/mol. The maximum absolute atomic E-state index is 2.40. The maximum Gasteiger partial charge on any atom is 0.0540 e. The topological polar surface area (TPSA) is 13.0 Å². The molecule has 0 atom stereocenters. The molecule has 4 heteroatoms. The Kier molecular flexibility index (Phi) is 14.7. The van der Waals surface area contributed by atoms with Gasteiger partial charge in [0.05, 0.1) is 22.7 Å². The second-order valence-electron chi connectivity index (χ2n) is 21.6. The van der Waals surface area contributed by atoms with Gasteiger partial charge in [0.25, 0.3) is 0 Å². The summed E-state index contributed by atoms with van der Waals surface area (Å²) in [6.07, 6.45) is 0. The fourth-order valence-electron chi connectivity index (χ4n) is 11.7. The smallest absolute Gasteiger partial charge is 0.0540 e. The summed E-state index contributed by atoms with van der Waals surface area (Å²) >= 11 is 0. The van der Waals surface area contributed by atoms with Crippen molar-refractivity contribution < 1.29 is 0 Å². The molecule has 0 aliphatic carbocycles. The third-order valence-corrected chi connectivity index (χ3v) is 16.3. The summed E-state index contributed by atoms with van der Waals surface area (Å²) in [6, 6.07) is 114. The molecule has 404 valence electrons. The van der Waals surface area contributed by atoms with Crippen LogP contribution in [0.2, 0.25) is 0 Å². The molecule has 0 aliphatic heterocycles. The lowest BCUT2D eigenvalue weighted by molar-refractivity contribution is 1.20. The lowest BCUT2D eigenvalue weighted by Gasteiger charge is -2.28. The van der Waals surface area contributed by atoms with E-state index in [1.54, 1.807) is 0 Å². The van der Waals surface area contributed by atoms with Crippen molar-refractivity contribution in [2.75, 3.05) is 33.7 Å². The van der Waals surface area contributed by atoms with E-state index in [0.29, 0.717) is 0 Å². The van der Waals surface area contributed by atoms with Crippen LogP contribution >= 0.6 is 0 Å². The molecule has 0 unspecified atom stereocenters. The Bertz CT molecular complexity index is 4410. The van der Waals surface area contributed by atoms with Gasteiger partial charge in [-0.3, -0.25) is 0 Å². The molecule has 0 spiro atoms. The van der Waals surface area contributed by atoms with Crippen molar-refractivity contribution in [1.82, 2.24) is 0 Å². The van der Waals surface area contributed by atoms with Crippen LogP contribution in [0.4, 0.5) is 56.9 Å². The molecule has 0 aromatic heterocycles. The van der Waals surface area contributed by atoms with Crippen LogP contribution in [0.1, 0.15) is 11.1 Å². The predicted octanol–water partition coefficient (Wildman–Crippen LogP) is 22.4. The number of aryl methyl sites for hydroxylation is 2. The minimum atomic E-state index is 1.13. The van der Waals surface area contributed by atoms with Gasteiger partial charge >= 0.3 is 0 Å². The van der Waals surface area contributed by atoms with E-state index in [4.69, 9.17) is 0 Å². The normalized spacial score (nSPS) is 11.1. The van der Waals surface area contributed by atoms with Crippen molar-refractivity contribution in [2.24, 2.45) is 0 Å². The number of anilines is 10. The minimum Gasteiger partial charge on any atom is -0.345 e. The SMILES string of the molecule is Cc1ccc(N(C)c2ccc(-c3ccc(N(c4cccc5ccccc45)c4cccc5ccccc45)cc3)cc2)cc1.Cc1cccc(N(C)c2ccc(-c3ccc(N(c4cccc5ccccc45)c4cccc5ccccc45)cc3)cc2)c1. The van der Waals surface area contributed by atoms with E-state index in [9.17, 15) is 0 Å². The molecule has 0 aliphatic rings. The summed E-state index contributed by atoms with van der Waals surface area (Å²) in [5.41, 5.74) is 18.9. The molecule has 14 rings (SSSR count). The second kappa shape index (κ2) is 23.4. The zero-order valence-electron chi connectivity index (χ0n) is 47.8. The summed E-state index contributed by atoms with van der Waals surface area (Å²) < 4.78 is 0. The standard InChI is InChI=1S/2C40H32N2/c1-29-10-7-15-36(28-29)41(2)34-24-20-30(21-25-34)31-22-26-35(27-23-31)42(39-18-8-13-32-11-3-5-16-37(32)39)40-19-9-14-33-12-4-6-17-38(33)40;1-29-17-23-34(24-18-29)41(2)35-25-19-30(20-26-35)31-21-27-36(28-22-31)42(39-15-7-11-32-9-3-5-13-37(32)39)40-16-8-12-33-10-4-6-14-38(33)40/h2*3-28H,1-2H3. The minimum absolute atomic E-state index is 1.13. The van der Waals surface area contributed by atoms with E-state index in [1.165, 1.54) is 116 Å². The lowest BCUT2D eigenvalue weighted by atomic mass is 10.0. The fourth-order valence-corrected chi connectivity index (χ4v) is 11.7. The Morgan fingerprint density at radius 2 is 0.464 bits per heavy atom. The number of fused-ring (bicyclic) bond motifs is 4. The summed E-state index contributed by atoms with van der Waals surface area (Å²) in [5, 5.41) is 9.83. The van der Waals surface area contributed by atoms with Crippen LogP contribution in [0.15, 0.2) is 315 Å². The van der Waals surface area contributed by atoms with Crippen LogP contribution in [0.5, 0.6) is 0 Å². The van der Waals surface area contributed by atoms with Crippen LogP contribution < -0.4 is 19.6 Å². The van der Waals surface area contributed by atoms with Crippen LogP contribution in [0.3, 0.4) is 0 Å². The van der Waals surface area contributed by atoms with E-state index in [1.807, 2.05) is 0 Å². The van der Waals surface area contributed by atoms with Crippen molar-refractivity contribution in [3.8, 4) is 22.3 Å². The van der Waals surface area contributed by atoms with Gasteiger partial charge in [-0.15, -0.1) is 0 Å². The maximum atomic E-state index is 2.40. The van der Waals surface area contributed by atoms with E-state index in [2.05, 4.69) is 363 Å². The van der Waals surface area contributed by atoms with Crippen molar-refractivity contribution in [2.45, 2.75) is 13.8 Å². The highest BCUT2D eigenvalue weighted by Gasteiger charge is 2.20. The molecule has 0 radical (unpaired) electrons. The highest BCUT2D eigenvalue weighted by molar-refractivity contribution is 6.06. The van der Waals surface area contributed by atoms with Gasteiger partial charge in [0, 0.05) is 69.8 Å². The van der Waals surface area contributed by atoms with Crippen LogP contribution in [0.25, 0.3) is 65.3 Å². The first-order chi connectivity index (χ1) is 41.3. The summed E-state index contributed by atoms with van der Waals surface area (Å²) in [4.78, 5) is 9.24. The molecule has 0 saturated carbocycles. The average molecular weight is 1080 g/mol. The third-order valence-electron chi connectivity index (χ3n) is 16.3. The number of nitrogens with zero attached hydrogens (tertiary/aromatic N) is 4. The van der Waals surface area contributed by atoms with Gasteiger partial charge in [0.2, 0.25) is 0 Å². The van der Waals surface area contributed by atoms with Crippen molar-refractivity contribution in [3.63, 3.8) is 0 Å². The van der Waals surface area contributed by atoms with E-state index in [0.717, 1.165) is 17.1 Å². The molecule has 0 bridgehead atoms. The average Bonchev–Trinajstić information content (AvgIpc) is 2.24. The summed E-state index contributed by atoms with van der Waals surface area (Å²) in [5.74, 6) is 0. The Hall–Kier alpha value is -10.7. The first-order valence-corrected chi connectivity index (χ1v) is 28.8. The molecule has 84 heavy (non-hydrogen) atoms. The second-order valence-corrected chi connectivity index (χ2v) is 21.6. The lowest BCUT2D eigenvalue weighted by Crippen LogP contribution is -2.11. The van der Waals surface area contributed by atoms with Gasteiger partial charge in [-0.25, -0.2) is 0 Å². The van der Waals surface area contributed by atoms with Gasteiger partial charge in [0.15, 0.2) is 0 Å². The van der Waals surface area contributed by atoms with Crippen molar-refractivity contribution in [3.05, 3.63) is 327 Å². The van der Waals surface area contributed by atoms with Crippen LogP contribution in [-0.4, -0.2) is 14.1 Å². The molecular formula is C80H64N4. The quantitative estimate of drug-likeness (QED) is 0.121. The largest absolute Gasteiger partial charge is 0.345 e. The molecule has 0 N–H and O–H groups in total. The highest BCUT2D eigenvalue weighted by atomic mass is 15.2. The number of rotatable bonds is 12. The van der Waals surface area contributed by atoms with Gasteiger partial charge in [-0.2, -0.15) is 0 Å². The van der Waals surface area contributed by atoms with Crippen LogP contribution in [0, 0.1) is 13.8 Å². The fraction of sp³-hybridized carbons (Fsp3) is 0.0500. The molecule has 14 aromatic rings. The zero-order chi connectivity index (χ0) is 56.9. The molecule has 4 nitrogen and oxygen atoms in total. The Labute approximate surface area is 493 Å². The van der Waals surface area contributed by atoms with E-state index >= 15 is 0 Å². The molecule has 0 saturated heterocycles. The van der Waals surface area contributed by atoms with Gasteiger partial charge in [-0.05, 0) is 160 Å². The molecule has 0 heterocycles. The summed E-state index contributed by atoms with van der Waals surface area (Å²) in [6.45, 7) is 4.25. The van der Waals surface area contributed by atoms with Crippen molar-refractivity contribution >= 4 is 100.0 Å². The van der Waals surface area contributed by atoms with Gasteiger partial charge < -0.3 is 19.6 Å². The summed E-state index contributed by atoms with van der Waals surface area (Å²) in [7, 11) is 4.23. The molecule has 14 aromatic carbocycles. The van der Waals surface area contributed by atoms with E-state index < -0.39 is 0 Å². The van der Waals surface area contributed by atoms with Crippen molar-refractivity contribution in [1.29, 1.82) is 0 Å². The number of benzene rings is 14. The van der Waals surface area contributed by atoms with Crippen LogP contribution in [-0.2, 0) is 0 Å². The first-order valence-electron chi connectivity index (χ1n) is 28.8. The third kappa shape index (κ3) is 10.7. The predicted molar refractivity (Wildman–Crippen MR) is 362 cm³/mol. The Balaban J connectivity index is 0.000000157. The Morgan fingerprint density at radius 3 is 0.786 bits per heavy atom. The highest BCUT2D eigenvalue weighted by Crippen LogP contribution is 2.45. The monoisotopic (exact) mass is 1080 g/mol. The molecule has 0 amide bonds. The number of hydrogen-bond acceptors (Lipinski definition) is 4. The molecule has 0 fully saturated rings. The number of hydrogen-bond donors (Lipinski definition) is 0.